The van der Waals surface area contributed by atoms with Crippen LogP contribution in [0.25, 0.3) is 0 Å². The molecule has 0 saturated heterocycles. The van der Waals surface area contributed by atoms with Crippen LogP contribution in [0.15, 0.2) is 17.1 Å². The largest absolute Gasteiger partial charge is 0.351 e. The third-order valence-electron chi connectivity index (χ3n) is 7.15. The van der Waals surface area contributed by atoms with Crippen LogP contribution in [0.3, 0.4) is 0 Å². The molecule has 4 nitrogen and oxygen atoms in total. The summed E-state index contributed by atoms with van der Waals surface area (Å²) in [5.74, 6) is 0.0592. The number of nitrogens with one attached hydrogen (secondary N) is 1. The van der Waals surface area contributed by atoms with Gasteiger partial charge in [-0.2, -0.15) is 0 Å². The Balaban J connectivity index is 1.98. The maximum atomic E-state index is 11.2. The highest BCUT2D eigenvalue weighted by molar-refractivity contribution is 5.72. The summed E-state index contributed by atoms with van der Waals surface area (Å²) in [6, 6.07) is 0. The van der Waals surface area contributed by atoms with Crippen molar-refractivity contribution >= 4 is 12.1 Å². The molecule has 0 aliphatic carbocycles. The normalized spacial score (nSPS) is 20.4. The number of carbonyl (C=O) groups is 1. The van der Waals surface area contributed by atoms with E-state index >= 15 is 0 Å². The molecular formula is C28H54N3O+. The maximum absolute atomic E-state index is 11.2. The number of likely N-dealkylation sites (N-methyl/N-ethyl adjacent to an activating group) is 1. The van der Waals surface area contributed by atoms with Crippen LogP contribution in [-0.4, -0.2) is 48.9 Å². The summed E-state index contributed by atoms with van der Waals surface area (Å²) in [6.07, 6.45) is 29.2. The van der Waals surface area contributed by atoms with Crippen molar-refractivity contribution in [2.75, 3.05) is 26.2 Å². The summed E-state index contributed by atoms with van der Waals surface area (Å²) < 4.78 is 0.976. The second-order valence-corrected chi connectivity index (χ2v) is 9.83. The van der Waals surface area contributed by atoms with Crippen LogP contribution < -0.4 is 5.32 Å². The zero-order chi connectivity index (χ0) is 23.3. The quantitative estimate of drug-likeness (QED) is 0.113. The first kappa shape index (κ1) is 28.9. The summed E-state index contributed by atoms with van der Waals surface area (Å²) in [6.45, 7) is 9.89. The van der Waals surface area contributed by atoms with Crippen LogP contribution in [-0.2, 0) is 4.79 Å². The van der Waals surface area contributed by atoms with Crippen LogP contribution in [0.5, 0.6) is 0 Å². The molecule has 1 N–H and O–H groups in total. The summed E-state index contributed by atoms with van der Waals surface area (Å²) in [4.78, 5) is 15.9. The molecule has 1 amide bonds. The lowest BCUT2D eigenvalue weighted by atomic mass is 10.0. The number of allylic oxidation sites excluding steroid dienone is 1. The van der Waals surface area contributed by atoms with E-state index in [4.69, 9.17) is 4.99 Å². The van der Waals surface area contributed by atoms with Gasteiger partial charge in [0.15, 0.2) is 6.17 Å². The number of hydrogen-bond acceptors (Lipinski definition) is 2. The molecule has 0 fully saturated rings. The molecule has 1 aliphatic rings. The fourth-order valence-electron chi connectivity index (χ4n) is 4.86. The molecule has 0 aromatic rings. The molecule has 0 saturated carbocycles. The van der Waals surface area contributed by atoms with Gasteiger partial charge in [0.2, 0.25) is 5.91 Å². The van der Waals surface area contributed by atoms with Gasteiger partial charge >= 0.3 is 0 Å². The topological polar surface area (TPSA) is 41.5 Å². The Morgan fingerprint density at radius 3 is 2.00 bits per heavy atom. The van der Waals surface area contributed by atoms with Crippen LogP contribution in [0, 0.1) is 0 Å². The zero-order valence-electron chi connectivity index (χ0n) is 21.8. The van der Waals surface area contributed by atoms with Crippen LogP contribution >= 0.6 is 0 Å². The van der Waals surface area contributed by atoms with Gasteiger partial charge in [0.25, 0.3) is 0 Å². The molecule has 0 spiro atoms. The lowest BCUT2D eigenvalue weighted by molar-refractivity contribution is -0.934. The minimum absolute atomic E-state index is 0.0592. The summed E-state index contributed by atoms with van der Waals surface area (Å²) in [7, 11) is 0. The molecule has 2 atom stereocenters. The lowest BCUT2D eigenvalue weighted by Crippen LogP contribution is -2.55. The van der Waals surface area contributed by atoms with Crippen molar-refractivity contribution in [3.63, 3.8) is 0 Å². The number of unbranched alkanes of at least 4 members (excludes halogenated alkanes) is 14. The number of carbonyl (C=O) groups excluding carboxylic acids is 1. The number of hydrogen-bond donors (Lipinski definition) is 1. The number of quaternary nitrogens is 1. The average molecular weight is 449 g/mol. The van der Waals surface area contributed by atoms with Crippen molar-refractivity contribution in [2.45, 2.75) is 130 Å². The van der Waals surface area contributed by atoms with E-state index in [1.165, 1.54) is 96.3 Å². The molecule has 0 aromatic heterocycles. The second kappa shape index (κ2) is 19.3. The molecule has 0 aromatic carbocycles. The maximum Gasteiger partial charge on any atom is 0.217 e. The summed E-state index contributed by atoms with van der Waals surface area (Å²) in [5.41, 5.74) is 0. The third-order valence-corrected chi connectivity index (χ3v) is 7.15. The molecule has 32 heavy (non-hydrogen) atoms. The van der Waals surface area contributed by atoms with Gasteiger partial charge < -0.3 is 5.32 Å². The Kier molecular flexibility index (Phi) is 17.4. The molecule has 1 aliphatic heterocycles. The molecule has 1 rings (SSSR count). The third kappa shape index (κ3) is 13.4. The van der Waals surface area contributed by atoms with E-state index in [-0.39, 0.29) is 5.91 Å². The SMILES string of the molecule is CCCCCCCCCCCCCCCC/C=C/CC1N=CC[N+]1(CC)CCNC(C)=O. The number of rotatable bonds is 21. The molecule has 0 bridgehead atoms. The molecule has 2 unspecified atom stereocenters. The van der Waals surface area contributed by atoms with Gasteiger partial charge in [0.1, 0.15) is 6.54 Å². The summed E-state index contributed by atoms with van der Waals surface area (Å²) in [5, 5.41) is 2.95. The first-order valence-electron chi connectivity index (χ1n) is 13.9. The van der Waals surface area contributed by atoms with E-state index in [1.54, 1.807) is 6.92 Å². The lowest BCUT2D eigenvalue weighted by Gasteiger charge is -2.37. The van der Waals surface area contributed by atoms with E-state index in [1.807, 2.05) is 0 Å². The highest BCUT2D eigenvalue weighted by atomic mass is 16.1. The Morgan fingerprint density at radius 1 is 0.906 bits per heavy atom. The van der Waals surface area contributed by atoms with Crippen molar-refractivity contribution in [3.05, 3.63) is 12.2 Å². The smallest absolute Gasteiger partial charge is 0.217 e. The second-order valence-electron chi connectivity index (χ2n) is 9.83. The van der Waals surface area contributed by atoms with Crippen LogP contribution in [0.1, 0.15) is 124 Å². The van der Waals surface area contributed by atoms with E-state index in [9.17, 15) is 4.79 Å². The minimum atomic E-state index is 0.0592. The van der Waals surface area contributed by atoms with Crippen molar-refractivity contribution < 1.29 is 9.28 Å². The van der Waals surface area contributed by atoms with Gasteiger partial charge in [-0.1, -0.05) is 103 Å². The van der Waals surface area contributed by atoms with Gasteiger partial charge in [0, 0.05) is 13.3 Å². The predicted octanol–water partition coefficient (Wildman–Crippen LogP) is 7.19. The fraction of sp³-hybridized carbons (Fsp3) is 0.857. The van der Waals surface area contributed by atoms with Crippen molar-refractivity contribution in [1.29, 1.82) is 0 Å². The number of nitrogens with zero attached hydrogens (tertiary/aromatic N) is 2. The van der Waals surface area contributed by atoms with Gasteiger partial charge in [-0.25, -0.2) is 4.99 Å². The van der Waals surface area contributed by atoms with E-state index in [0.29, 0.717) is 6.17 Å². The molecule has 0 radical (unpaired) electrons. The Hall–Kier alpha value is -1.16. The van der Waals surface area contributed by atoms with Crippen molar-refractivity contribution in [1.82, 2.24) is 5.32 Å². The molecule has 4 heteroatoms. The highest BCUT2D eigenvalue weighted by Gasteiger charge is 2.36. The predicted molar refractivity (Wildman–Crippen MR) is 140 cm³/mol. The van der Waals surface area contributed by atoms with Crippen LogP contribution in [0.2, 0.25) is 0 Å². The molecular weight excluding hydrogens is 394 g/mol. The van der Waals surface area contributed by atoms with Crippen molar-refractivity contribution in [2.24, 2.45) is 4.99 Å². The van der Waals surface area contributed by atoms with Crippen LogP contribution in [0.4, 0.5) is 0 Å². The van der Waals surface area contributed by atoms with E-state index in [0.717, 1.165) is 37.1 Å². The first-order valence-corrected chi connectivity index (χ1v) is 13.9. The van der Waals surface area contributed by atoms with Gasteiger partial charge in [-0.3, -0.25) is 9.28 Å². The zero-order valence-corrected chi connectivity index (χ0v) is 21.8. The monoisotopic (exact) mass is 448 g/mol. The van der Waals surface area contributed by atoms with Crippen molar-refractivity contribution in [3.8, 4) is 0 Å². The standard InChI is InChI=1S/C28H53N3O/c1-4-6-7-8-9-10-11-12-13-14-15-16-17-18-19-20-21-22-28-30-24-26-31(28,5-2)25-23-29-27(3)32/h20-21,24,28H,4-19,22-23,25-26H2,1-3H3/p+1/b21-20+. The molecule has 186 valence electrons. The average Bonchev–Trinajstić information content (AvgIpc) is 3.18. The highest BCUT2D eigenvalue weighted by Crippen LogP contribution is 2.22. The van der Waals surface area contributed by atoms with Gasteiger partial charge in [0.05, 0.1) is 25.8 Å². The Labute approximate surface area is 199 Å². The Morgan fingerprint density at radius 2 is 1.47 bits per heavy atom. The van der Waals surface area contributed by atoms with Gasteiger partial charge in [-0.05, 0) is 19.8 Å². The van der Waals surface area contributed by atoms with Gasteiger partial charge in [-0.15, -0.1) is 0 Å². The molecule has 1 heterocycles. The number of amides is 1. The van der Waals surface area contributed by atoms with E-state index in [2.05, 4.69) is 37.5 Å². The number of aliphatic imine (C=N–C) groups is 1. The fourth-order valence-corrected chi connectivity index (χ4v) is 4.86. The summed E-state index contributed by atoms with van der Waals surface area (Å²) >= 11 is 0. The minimum Gasteiger partial charge on any atom is -0.351 e. The Bertz CT molecular complexity index is 517. The first-order chi connectivity index (χ1) is 15.6. The van der Waals surface area contributed by atoms with E-state index < -0.39 is 0 Å².